The van der Waals surface area contributed by atoms with Crippen molar-refractivity contribution in [1.82, 2.24) is 20.4 Å². The average molecular weight is 424 g/mol. The van der Waals surface area contributed by atoms with Gasteiger partial charge in [-0.3, -0.25) is 4.79 Å². The summed E-state index contributed by atoms with van der Waals surface area (Å²) in [6.45, 7) is 8.92. The van der Waals surface area contributed by atoms with E-state index >= 15 is 0 Å². The molecule has 0 bridgehead atoms. The Morgan fingerprint density at radius 3 is 2.69 bits per heavy atom. The Morgan fingerprint density at radius 2 is 2.03 bits per heavy atom. The van der Waals surface area contributed by atoms with Crippen molar-refractivity contribution in [3.8, 4) is 0 Å². The Hall–Kier alpha value is -1.41. The van der Waals surface area contributed by atoms with Crippen LogP contribution in [0.2, 0.25) is 0 Å². The van der Waals surface area contributed by atoms with Crippen LogP contribution in [0.1, 0.15) is 59.3 Å². The second-order valence-corrected chi connectivity index (χ2v) is 10.1. The Labute approximate surface area is 180 Å². The highest BCUT2D eigenvalue weighted by molar-refractivity contribution is 7.80. The molecule has 3 fully saturated rings. The van der Waals surface area contributed by atoms with Crippen LogP contribution in [0.15, 0.2) is 0 Å². The SMILES string of the molecule is CCCCC1CN(C(=O)NCC2CCC3CC(C)(C)[C@H](NC(=S)CN)C(=O)N23)C1. The lowest BCUT2D eigenvalue weighted by Gasteiger charge is -2.47. The summed E-state index contributed by atoms with van der Waals surface area (Å²) < 4.78 is 0. The summed E-state index contributed by atoms with van der Waals surface area (Å²) in [7, 11) is 0. The Kier molecular flexibility index (Phi) is 7.04. The van der Waals surface area contributed by atoms with Gasteiger partial charge in [0, 0.05) is 38.3 Å². The molecule has 4 N–H and O–H groups in total. The van der Waals surface area contributed by atoms with Gasteiger partial charge in [0.2, 0.25) is 5.91 Å². The van der Waals surface area contributed by atoms with Crippen LogP contribution in [0.25, 0.3) is 0 Å². The smallest absolute Gasteiger partial charge is 0.317 e. The number of hydrogen-bond donors (Lipinski definition) is 3. The van der Waals surface area contributed by atoms with Crippen molar-refractivity contribution in [3.05, 3.63) is 0 Å². The zero-order valence-electron chi connectivity index (χ0n) is 18.1. The number of thiocarbonyl (C=S) groups is 1. The van der Waals surface area contributed by atoms with E-state index in [-0.39, 0.29) is 42.0 Å². The van der Waals surface area contributed by atoms with Crippen LogP contribution < -0.4 is 16.4 Å². The molecule has 3 amide bonds. The third-order valence-electron chi connectivity index (χ3n) is 6.85. The van der Waals surface area contributed by atoms with Crippen molar-refractivity contribution >= 4 is 29.1 Å². The number of unbranched alkanes of at least 4 members (excludes halogenated alkanes) is 1. The van der Waals surface area contributed by atoms with Crippen LogP contribution in [0.5, 0.6) is 0 Å². The molecule has 164 valence electrons. The molecule has 8 heteroatoms. The van der Waals surface area contributed by atoms with E-state index in [9.17, 15) is 9.59 Å². The second-order valence-electron chi connectivity index (χ2n) is 9.63. The number of nitrogens with zero attached hydrogens (tertiary/aromatic N) is 2. The van der Waals surface area contributed by atoms with Crippen LogP contribution >= 0.6 is 12.2 Å². The molecule has 7 nitrogen and oxygen atoms in total. The Balaban J connectivity index is 1.54. The lowest BCUT2D eigenvalue weighted by atomic mass is 9.74. The maximum atomic E-state index is 13.3. The first kappa shape index (κ1) is 22.3. The fourth-order valence-electron chi connectivity index (χ4n) is 5.14. The highest BCUT2D eigenvalue weighted by Crippen LogP contribution is 2.41. The minimum Gasteiger partial charge on any atom is -0.367 e. The third-order valence-corrected chi connectivity index (χ3v) is 7.14. The van der Waals surface area contributed by atoms with Crippen LogP contribution in [-0.4, -0.2) is 71.0 Å². The minimum atomic E-state index is -0.360. The standard InChI is InChI=1S/C21H37N5O2S/c1-4-5-6-14-12-25(13-14)20(28)23-11-16-8-7-15-9-21(2,3)18(19(27)26(15)16)24-17(29)10-22/h14-16,18H,4-13,22H2,1-3H3,(H,23,28)(H,24,29)/t15?,16?,18-/m1/s1. The van der Waals surface area contributed by atoms with E-state index in [1.807, 2.05) is 9.80 Å². The number of rotatable bonds is 7. The third kappa shape index (κ3) is 4.85. The van der Waals surface area contributed by atoms with E-state index in [2.05, 4.69) is 31.4 Å². The molecule has 0 aliphatic carbocycles. The summed E-state index contributed by atoms with van der Waals surface area (Å²) >= 11 is 5.24. The van der Waals surface area contributed by atoms with Crippen molar-refractivity contribution in [2.75, 3.05) is 26.2 Å². The molecular formula is C21H37N5O2S. The van der Waals surface area contributed by atoms with E-state index < -0.39 is 0 Å². The van der Waals surface area contributed by atoms with Gasteiger partial charge < -0.3 is 26.2 Å². The van der Waals surface area contributed by atoms with Gasteiger partial charge in [-0.25, -0.2) is 4.79 Å². The van der Waals surface area contributed by atoms with Crippen molar-refractivity contribution in [2.45, 2.75) is 77.4 Å². The topological polar surface area (TPSA) is 90.7 Å². The molecule has 3 aliphatic rings. The summed E-state index contributed by atoms with van der Waals surface area (Å²) in [5, 5.41) is 6.26. The van der Waals surface area contributed by atoms with E-state index in [1.54, 1.807) is 0 Å². The van der Waals surface area contributed by atoms with Gasteiger partial charge in [-0.15, -0.1) is 0 Å². The summed E-state index contributed by atoms with van der Waals surface area (Å²) in [6, 6.07) is -0.0578. The largest absolute Gasteiger partial charge is 0.367 e. The molecule has 0 aromatic heterocycles. The summed E-state index contributed by atoms with van der Waals surface area (Å²) in [6.07, 6.45) is 6.51. The van der Waals surface area contributed by atoms with Gasteiger partial charge in [-0.05, 0) is 37.0 Å². The molecule has 3 aliphatic heterocycles. The quantitative estimate of drug-likeness (QED) is 0.544. The van der Waals surface area contributed by atoms with Crippen molar-refractivity contribution < 1.29 is 9.59 Å². The first-order valence-electron chi connectivity index (χ1n) is 11.1. The van der Waals surface area contributed by atoms with E-state index in [0.717, 1.165) is 32.4 Å². The van der Waals surface area contributed by atoms with Crippen LogP contribution in [0, 0.1) is 11.3 Å². The van der Waals surface area contributed by atoms with Crippen molar-refractivity contribution in [2.24, 2.45) is 17.1 Å². The molecule has 29 heavy (non-hydrogen) atoms. The number of likely N-dealkylation sites (tertiary alicyclic amines) is 1. The maximum absolute atomic E-state index is 13.3. The Morgan fingerprint density at radius 1 is 1.31 bits per heavy atom. The molecular weight excluding hydrogens is 386 g/mol. The predicted octanol–water partition coefficient (Wildman–Crippen LogP) is 1.85. The zero-order chi connectivity index (χ0) is 21.2. The number of carbonyl (C=O) groups excluding carboxylic acids is 2. The summed E-state index contributed by atoms with van der Waals surface area (Å²) in [5.74, 6) is 0.739. The van der Waals surface area contributed by atoms with E-state index in [4.69, 9.17) is 18.0 Å². The fourth-order valence-corrected chi connectivity index (χ4v) is 5.25. The van der Waals surface area contributed by atoms with E-state index in [1.165, 1.54) is 19.3 Å². The number of carbonyl (C=O) groups is 2. The van der Waals surface area contributed by atoms with Gasteiger partial charge in [0.1, 0.15) is 6.04 Å². The normalized spacial score (nSPS) is 28.7. The molecule has 0 saturated carbocycles. The number of urea groups is 1. The second kappa shape index (κ2) is 9.16. The number of nitrogens with one attached hydrogen (secondary N) is 2. The van der Waals surface area contributed by atoms with Gasteiger partial charge in [0.15, 0.2) is 0 Å². The molecule has 0 spiro atoms. The molecule has 0 aromatic rings. The molecule has 0 radical (unpaired) electrons. The fraction of sp³-hybridized carbons (Fsp3) is 0.857. The number of nitrogens with two attached hydrogens (primary N) is 1. The summed E-state index contributed by atoms with van der Waals surface area (Å²) in [5.41, 5.74) is 5.46. The monoisotopic (exact) mass is 423 g/mol. The number of hydrogen-bond acceptors (Lipinski definition) is 4. The number of fused-ring (bicyclic) bond motifs is 1. The zero-order valence-corrected chi connectivity index (χ0v) is 18.9. The molecule has 3 heterocycles. The molecule has 3 saturated heterocycles. The Bertz CT molecular complexity index is 635. The minimum absolute atomic E-state index is 0.00460. The van der Waals surface area contributed by atoms with Crippen molar-refractivity contribution in [3.63, 3.8) is 0 Å². The van der Waals surface area contributed by atoms with E-state index in [0.29, 0.717) is 17.5 Å². The highest BCUT2D eigenvalue weighted by atomic mass is 32.1. The lowest BCUT2D eigenvalue weighted by molar-refractivity contribution is -0.144. The molecule has 3 rings (SSSR count). The predicted molar refractivity (Wildman–Crippen MR) is 119 cm³/mol. The molecule has 0 aromatic carbocycles. The maximum Gasteiger partial charge on any atom is 0.317 e. The summed E-state index contributed by atoms with van der Waals surface area (Å²) in [4.78, 5) is 30.2. The number of amides is 3. The molecule has 2 unspecified atom stereocenters. The molecule has 3 atom stereocenters. The van der Waals surface area contributed by atoms with Crippen LogP contribution in [-0.2, 0) is 4.79 Å². The average Bonchev–Trinajstić information content (AvgIpc) is 3.03. The van der Waals surface area contributed by atoms with Gasteiger partial charge in [0.05, 0.1) is 4.99 Å². The van der Waals surface area contributed by atoms with Crippen LogP contribution in [0.3, 0.4) is 0 Å². The van der Waals surface area contributed by atoms with Gasteiger partial charge in [-0.2, -0.15) is 0 Å². The van der Waals surface area contributed by atoms with Crippen LogP contribution in [0.4, 0.5) is 4.79 Å². The number of piperidine rings is 1. The lowest BCUT2D eigenvalue weighted by Crippen LogP contribution is -2.64. The van der Waals surface area contributed by atoms with Crippen molar-refractivity contribution in [1.29, 1.82) is 0 Å². The first-order valence-corrected chi connectivity index (χ1v) is 11.5. The van der Waals surface area contributed by atoms with Gasteiger partial charge >= 0.3 is 6.03 Å². The highest BCUT2D eigenvalue weighted by Gasteiger charge is 2.51. The van der Waals surface area contributed by atoms with Gasteiger partial charge in [-0.1, -0.05) is 45.8 Å². The van der Waals surface area contributed by atoms with Gasteiger partial charge in [0.25, 0.3) is 0 Å². The first-order chi connectivity index (χ1) is 13.8.